The molecule has 0 spiro atoms. The fourth-order valence-electron chi connectivity index (χ4n) is 1.83. The first-order valence-electron chi connectivity index (χ1n) is 5.95. The molecule has 1 rings (SSSR count). The summed E-state index contributed by atoms with van der Waals surface area (Å²) in [4.78, 5) is 0. The molecule has 102 valence electrons. The van der Waals surface area contributed by atoms with Crippen LogP contribution in [-0.4, -0.2) is 67.0 Å². The van der Waals surface area contributed by atoms with Crippen molar-refractivity contribution in [2.75, 3.05) is 39.3 Å². The molecule has 0 bridgehead atoms. The van der Waals surface area contributed by atoms with Crippen molar-refractivity contribution in [1.29, 1.82) is 0 Å². The molecule has 17 heavy (non-hydrogen) atoms. The van der Waals surface area contributed by atoms with Gasteiger partial charge in [-0.25, -0.2) is 0 Å². The zero-order valence-electron chi connectivity index (χ0n) is 10.8. The molecular weight excluding hydrogens is 242 g/mol. The lowest BCUT2D eigenvalue weighted by Gasteiger charge is -2.34. The SMILES string of the molecule is CCN(CC(C)(C)O)S(=O)(=O)N1CCNCC1. The van der Waals surface area contributed by atoms with E-state index in [0.29, 0.717) is 32.7 Å². The molecule has 0 radical (unpaired) electrons. The minimum atomic E-state index is -3.44. The highest BCUT2D eigenvalue weighted by Gasteiger charge is 2.32. The van der Waals surface area contributed by atoms with Crippen LogP contribution in [0.3, 0.4) is 0 Å². The van der Waals surface area contributed by atoms with Crippen molar-refractivity contribution in [1.82, 2.24) is 13.9 Å². The van der Waals surface area contributed by atoms with Crippen LogP contribution in [0.4, 0.5) is 0 Å². The van der Waals surface area contributed by atoms with E-state index >= 15 is 0 Å². The van der Waals surface area contributed by atoms with Crippen molar-refractivity contribution >= 4 is 10.2 Å². The van der Waals surface area contributed by atoms with Gasteiger partial charge in [-0.1, -0.05) is 6.92 Å². The Morgan fingerprint density at radius 1 is 1.35 bits per heavy atom. The van der Waals surface area contributed by atoms with Crippen LogP contribution in [0.2, 0.25) is 0 Å². The highest BCUT2D eigenvalue weighted by atomic mass is 32.2. The van der Waals surface area contributed by atoms with Gasteiger partial charge >= 0.3 is 0 Å². The Labute approximate surface area is 104 Å². The highest BCUT2D eigenvalue weighted by molar-refractivity contribution is 7.86. The van der Waals surface area contributed by atoms with Crippen molar-refractivity contribution in [3.63, 3.8) is 0 Å². The van der Waals surface area contributed by atoms with Crippen LogP contribution in [-0.2, 0) is 10.2 Å². The number of hydrogen-bond donors (Lipinski definition) is 2. The lowest BCUT2D eigenvalue weighted by atomic mass is 10.1. The van der Waals surface area contributed by atoms with Gasteiger partial charge in [-0.05, 0) is 13.8 Å². The van der Waals surface area contributed by atoms with Gasteiger partial charge in [-0.3, -0.25) is 0 Å². The molecule has 0 aromatic carbocycles. The summed E-state index contributed by atoms with van der Waals surface area (Å²) in [5, 5.41) is 12.9. The smallest absolute Gasteiger partial charge is 0.282 e. The normalized spacial score (nSPS) is 19.8. The largest absolute Gasteiger partial charge is 0.389 e. The molecule has 0 unspecified atom stereocenters. The van der Waals surface area contributed by atoms with Gasteiger partial charge in [-0.15, -0.1) is 0 Å². The Morgan fingerprint density at radius 3 is 2.29 bits per heavy atom. The number of nitrogens with one attached hydrogen (secondary N) is 1. The number of likely N-dealkylation sites (N-methyl/N-ethyl adjacent to an activating group) is 1. The number of nitrogens with zero attached hydrogens (tertiary/aromatic N) is 2. The minimum Gasteiger partial charge on any atom is -0.389 e. The van der Waals surface area contributed by atoms with E-state index < -0.39 is 15.8 Å². The van der Waals surface area contributed by atoms with Crippen molar-refractivity contribution < 1.29 is 13.5 Å². The summed E-state index contributed by atoms with van der Waals surface area (Å²) in [7, 11) is -3.44. The third-order valence-corrected chi connectivity index (χ3v) is 4.70. The maximum atomic E-state index is 12.3. The molecule has 0 aromatic rings. The number of hydrogen-bond acceptors (Lipinski definition) is 4. The highest BCUT2D eigenvalue weighted by Crippen LogP contribution is 2.13. The molecule has 1 fully saturated rings. The summed E-state index contributed by atoms with van der Waals surface area (Å²) < 4.78 is 27.4. The first-order chi connectivity index (χ1) is 7.77. The van der Waals surface area contributed by atoms with Crippen LogP contribution in [0.15, 0.2) is 0 Å². The molecule has 0 aromatic heterocycles. The summed E-state index contributed by atoms with van der Waals surface area (Å²) in [6.07, 6.45) is 0. The van der Waals surface area contributed by atoms with Gasteiger partial charge in [0.1, 0.15) is 0 Å². The lowest BCUT2D eigenvalue weighted by Crippen LogP contribution is -2.54. The number of rotatable bonds is 5. The first kappa shape index (κ1) is 14.8. The number of aliphatic hydroxyl groups is 1. The fraction of sp³-hybridized carbons (Fsp3) is 1.00. The summed E-state index contributed by atoms with van der Waals surface area (Å²) in [6.45, 7) is 7.84. The zero-order chi connectivity index (χ0) is 13.1. The van der Waals surface area contributed by atoms with E-state index in [4.69, 9.17) is 0 Å². The van der Waals surface area contributed by atoms with E-state index in [1.54, 1.807) is 20.8 Å². The van der Waals surface area contributed by atoms with Crippen LogP contribution in [0, 0.1) is 0 Å². The topological polar surface area (TPSA) is 72.9 Å². The van der Waals surface area contributed by atoms with Gasteiger partial charge in [0.2, 0.25) is 0 Å². The molecule has 0 aliphatic carbocycles. The summed E-state index contributed by atoms with van der Waals surface area (Å²) in [5.41, 5.74) is -1.02. The maximum Gasteiger partial charge on any atom is 0.282 e. The van der Waals surface area contributed by atoms with Gasteiger partial charge in [0.25, 0.3) is 10.2 Å². The molecular formula is C10H23N3O3S. The quantitative estimate of drug-likeness (QED) is 0.684. The molecule has 7 heteroatoms. The van der Waals surface area contributed by atoms with Gasteiger partial charge in [0.05, 0.1) is 5.60 Å². The second-order valence-corrected chi connectivity index (χ2v) is 6.82. The van der Waals surface area contributed by atoms with Crippen LogP contribution in [0.1, 0.15) is 20.8 Å². The van der Waals surface area contributed by atoms with Gasteiger partial charge in [0.15, 0.2) is 0 Å². The molecule has 1 saturated heterocycles. The predicted octanol–water partition coefficient (Wildman–Crippen LogP) is -0.771. The third kappa shape index (κ3) is 4.18. The van der Waals surface area contributed by atoms with Crippen LogP contribution < -0.4 is 5.32 Å². The van der Waals surface area contributed by atoms with Crippen molar-refractivity contribution in [2.24, 2.45) is 0 Å². The van der Waals surface area contributed by atoms with E-state index in [2.05, 4.69) is 5.32 Å². The predicted molar refractivity (Wildman–Crippen MR) is 66.9 cm³/mol. The maximum absolute atomic E-state index is 12.3. The van der Waals surface area contributed by atoms with E-state index in [1.165, 1.54) is 8.61 Å². The third-order valence-electron chi connectivity index (χ3n) is 2.64. The molecule has 0 saturated carbocycles. The summed E-state index contributed by atoms with van der Waals surface area (Å²) in [5.74, 6) is 0. The Hall–Kier alpha value is -0.210. The van der Waals surface area contributed by atoms with Crippen LogP contribution >= 0.6 is 0 Å². The fourth-order valence-corrected chi connectivity index (χ4v) is 3.60. The van der Waals surface area contributed by atoms with Crippen molar-refractivity contribution in [3.05, 3.63) is 0 Å². The zero-order valence-corrected chi connectivity index (χ0v) is 11.6. The second kappa shape index (κ2) is 5.62. The molecule has 2 N–H and O–H groups in total. The Balaban J connectivity index is 2.78. The monoisotopic (exact) mass is 265 g/mol. The first-order valence-corrected chi connectivity index (χ1v) is 7.35. The molecule has 0 amide bonds. The molecule has 6 nitrogen and oxygen atoms in total. The van der Waals surface area contributed by atoms with Crippen LogP contribution in [0.25, 0.3) is 0 Å². The van der Waals surface area contributed by atoms with E-state index in [-0.39, 0.29) is 6.54 Å². The van der Waals surface area contributed by atoms with Gasteiger partial charge in [-0.2, -0.15) is 17.0 Å². The molecule has 1 aliphatic rings. The standard InChI is InChI=1S/C10H23N3O3S/c1-4-12(9-10(2,3)14)17(15,16)13-7-5-11-6-8-13/h11,14H,4-9H2,1-3H3. The summed E-state index contributed by atoms with van der Waals surface area (Å²) >= 11 is 0. The van der Waals surface area contributed by atoms with E-state index in [9.17, 15) is 13.5 Å². The average Bonchev–Trinajstić information content (AvgIpc) is 2.25. The van der Waals surface area contributed by atoms with E-state index in [1.807, 2.05) is 0 Å². The van der Waals surface area contributed by atoms with Gasteiger partial charge < -0.3 is 10.4 Å². The molecule has 1 aliphatic heterocycles. The number of piperazine rings is 1. The molecule has 0 atom stereocenters. The van der Waals surface area contributed by atoms with Crippen LogP contribution in [0.5, 0.6) is 0 Å². The van der Waals surface area contributed by atoms with Crippen molar-refractivity contribution in [2.45, 2.75) is 26.4 Å². The van der Waals surface area contributed by atoms with Crippen molar-refractivity contribution in [3.8, 4) is 0 Å². The summed E-state index contributed by atoms with van der Waals surface area (Å²) in [6, 6.07) is 0. The minimum absolute atomic E-state index is 0.121. The Kier molecular flexibility index (Phi) is 4.91. The lowest BCUT2D eigenvalue weighted by molar-refractivity contribution is 0.0583. The Bertz CT molecular complexity index is 331. The van der Waals surface area contributed by atoms with Gasteiger partial charge in [0, 0.05) is 39.3 Å². The second-order valence-electron chi connectivity index (χ2n) is 4.90. The Morgan fingerprint density at radius 2 is 1.88 bits per heavy atom. The molecule has 1 heterocycles. The van der Waals surface area contributed by atoms with E-state index in [0.717, 1.165) is 0 Å². The average molecular weight is 265 g/mol.